The molecule has 8 heteroatoms. The van der Waals surface area contributed by atoms with Crippen LogP contribution in [0, 0.1) is 6.92 Å². The van der Waals surface area contributed by atoms with Gasteiger partial charge in [-0.15, -0.1) is 0 Å². The van der Waals surface area contributed by atoms with E-state index in [1.54, 1.807) is 6.92 Å². The Kier molecular flexibility index (Phi) is 2.65. The first-order valence-corrected chi connectivity index (χ1v) is 7.24. The Morgan fingerprint density at radius 2 is 2.00 bits per heavy atom. The fourth-order valence-electron chi connectivity index (χ4n) is 2.28. The van der Waals surface area contributed by atoms with Gasteiger partial charge in [0, 0.05) is 0 Å². The van der Waals surface area contributed by atoms with Crippen LogP contribution < -0.4 is 11.2 Å². The molecule has 1 aliphatic rings. The van der Waals surface area contributed by atoms with Crippen molar-refractivity contribution in [1.82, 2.24) is 9.55 Å². The van der Waals surface area contributed by atoms with Crippen molar-refractivity contribution in [1.29, 1.82) is 0 Å². The highest BCUT2D eigenvalue weighted by molar-refractivity contribution is 7.91. The molecular formula is C10H14N2O5S. The van der Waals surface area contributed by atoms with Crippen LogP contribution in [-0.4, -0.2) is 34.6 Å². The molecule has 2 heterocycles. The molecule has 0 saturated carbocycles. The molecule has 2 N–H and O–H groups in total. The summed E-state index contributed by atoms with van der Waals surface area (Å²) in [6.07, 6.45) is 0.230. The van der Waals surface area contributed by atoms with Gasteiger partial charge in [0.2, 0.25) is 5.88 Å². The predicted octanol–water partition coefficient (Wildman–Crippen LogP) is -0.916. The standard InChI is InChI=1S/C10H14N2O5S/c1-6-7(13)11-9(15)12(8(6)14)10(2)3-4-18(16,17)5-10/h14H,3-5H2,1-2H3,(H,11,13,15). The van der Waals surface area contributed by atoms with E-state index in [1.807, 2.05) is 0 Å². The number of aromatic amines is 1. The van der Waals surface area contributed by atoms with Gasteiger partial charge in [0.15, 0.2) is 9.84 Å². The summed E-state index contributed by atoms with van der Waals surface area (Å²) in [7, 11) is -3.22. The van der Waals surface area contributed by atoms with Crippen LogP contribution >= 0.6 is 0 Å². The number of H-pyrrole nitrogens is 1. The van der Waals surface area contributed by atoms with Crippen molar-refractivity contribution >= 4 is 9.84 Å². The first-order chi connectivity index (χ1) is 8.16. The lowest BCUT2D eigenvalue weighted by molar-refractivity contribution is 0.287. The van der Waals surface area contributed by atoms with Crippen LogP contribution in [0.2, 0.25) is 0 Å². The Labute approximate surface area is 103 Å². The van der Waals surface area contributed by atoms with Gasteiger partial charge in [-0.25, -0.2) is 13.2 Å². The fourth-order valence-corrected chi connectivity index (χ4v) is 4.40. The number of aromatic hydroxyl groups is 1. The second-order valence-electron chi connectivity index (χ2n) is 4.88. The molecule has 1 saturated heterocycles. The van der Waals surface area contributed by atoms with Crippen LogP contribution in [0.25, 0.3) is 0 Å². The maximum atomic E-state index is 11.8. The molecule has 0 bridgehead atoms. The summed E-state index contributed by atoms with van der Waals surface area (Å²) in [5, 5.41) is 9.90. The summed E-state index contributed by atoms with van der Waals surface area (Å²) in [5.41, 5.74) is -2.48. The molecule has 1 fully saturated rings. The molecule has 100 valence electrons. The Morgan fingerprint density at radius 1 is 1.39 bits per heavy atom. The van der Waals surface area contributed by atoms with Gasteiger partial charge in [-0.3, -0.25) is 14.3 Å². The number of hydrogen-bond acceptors (Lipinski definition) is 5. The predicted molar refractivity (Wildman–Crippen MR) is 64.6 cm³/mol. The minimum atomic E-state index is -3.22. The molecule has 18 heavy (non-hydrogen) atoms. The third kappa shape index (κ3) is 1.86. The van der Waals surface area contributed by atoms with Crippen LogP contribution in [0.15, 0.2) is 9.59 Å². The van der Waals surface area contributed by atoms with Crippen molar-refractivity contribution in [2.45, 2.75) is 25.8 Å². The SMILES string of the molecule is Cc1c(O)n(C2(C)CCS(=O)(=O)C2)c(=O)[nH]c1=O. The largest absolute Gasteiger partial charge is 0.494 e. The minimum Gasteiger partial charge on any atom is -0.494 e. The summed E-state index contributed by atoms with van der Waals surface area (Å²) < 4.78 is 24.0. The molecule has 0 amide bonds. The molecule has 1 unspecified atom stereocenters. The van der Waals surface area contributed by atoms with E-state index < -0.39 is 32.5 Å². The first-order valence-electron chi connectivity index (χ1n) is 5.42. The van der Waals surface area contributed by atoms with E-state index in [1.165, 1.54) is 6.92 Å². The molecule has 1 aromatic heterocycles. The van der Waals surface area contributed by atoms with Crippen LogP contribution in [0.1, 0.15) is 18.9 Å². The lowest BCUT2D eigenvalue weighted by atomic mass is 10.0. The molecule has 0 radical (unpaired) electrons. The Bertz CT molecular complexity index is 715. The number of rotatable bonds is 1. The normalized spacial score (nSPS) is 26.3. The number of nitrogens with zero attached hydrogens (tertiary/aromatic N) is 1. The summed E-state index contributed by atoms with van der Waals surface area (Å²) in [6.45, 7) is 2.95. The van der Waals surface area contributed by atoms with Crippen LogP contribution in [0.5, 0.6) is 5.88 Å². The molecule has 7 nitrogen and oxygen atoms in total. The maximum Gasteiger partial charge on any atom is 0.331 e. The Balaban J connectivity index is 2.71. The highest BCUT2D eigenvalue weighted by Crippen LogP contribution is 2.32. The van der Waals surface area contributed by atoms with E-state index in [-0.39, 0.29) is 23.5 Å². The van der Waals surface area contributed by atoms with Gasteiger partial charge in [-0.1, -0.05) is 0 Å². The van der Waals surface area contributed by atoms with Gasteiger partial charge in [0.05, 0.1) is 22.6 Å². The first kappa shape index (κ1) is 12.9. The van der Waals surface area contributed by atoms with Crippen LogP contribution in [0.4, 0.5) is 0 Å². The van der Waals surface area contributed by atoms with Crippen molar-refractivity contribution in [2.75, 3.05) is 11.5 Å². The van der Waals surface area contributed by atoms with Gasteiger partial charge in [0.25, 0.3) is 5.56 Å². The van der Waals surface area contributed by atoms with E-state index in [2.05, 4.69) is 4.98 Å². The average Bonchev–Trinajstić information content (AvgIpc) is 2.50. The van der Waals surface area contributed by atoms with Crippen LogP contribution in [-0.2, 0) is 15.4 Å². The number of aromatic nitrogens is 2. The van der Waals surface area contributed by atoms with Gasteiger partial charge < -0.3 is 5.11 Å². The highest BCUT2D eigenvalue weighted by Gasteiger charge is 2.42. The zero-order valence-electron chi connectivity index (χ0n) is 10.1. The van der Waals surface area contributed by atoms with Crippen LogP contribution in [0.3, 0.4) is 0 Å². The fraction of sp³-hybridized carbons (Fsp3) is 0.600. The Hall–Kier alpha value is -1.57. The van der Waals surface area contributed by atoms with Crippen molar-refractivity contribution in [2.24, 2.45) is 0 Å². The molecule has 1 aliphatic heterocycles. The van der Waals surface area contributed by atoms with E-state index in [9.17, 15) is 23.1 Å². The molecule has 0 spiro atoms. The lowest BCUT2D eigenvalue weighted by Gasteiger charge is -2.26. The summed E-state index contributed by atoms with van der Waals surface area (Å²) >= 11 is 0. The van der Waals surface area contributed by atoms with E-state index in [0.29, 0.717) is 0 Å². The topological polar surface area (TPSA) is 109 Å². The van der Waals surface area contributed by atoms with Gasteiger partial charge in [0.1, 0.15) is 0 Å². The van der Waals surface area contributed by atoms with E-state index >= 15 is 0 Å². The lowest BCUT2D eigenvalue weighted by Crippen LogP contribution is -2.43. The summed E-state index contributed by atoms with van der Waals surface area (Å²) in [4.78, 5) is 25.2. The van der Waals surface area contributed by atoms with E-state index in [4.69, 9.17) is 0 Å². The molecular weight excluding hydrogens is 260 g/mol. The smallest absolute Gasteiger partial charge is 0.331 e. The van der Waals surface area contributed by atoms with Crippen molar-refractivity contribution in [3.63, 3.8) is 0 Å². The van der Waals surface area contributed by atoms with Gasteiger partial charge in [-0.05, 0) is 20.3 Å². The van der Waals surface area contributed by atoms with Gasteiger partial charge in [-0.2, -0.15) is 0 Å². The third-order valence-corrected chi connectivity index (χ3v) is 5.22. The highest BCUT2D eigenvalue weighted by atomic mass is 32.2. The number of sulfone groups is 1. The number of hydrogen-bond donors (Lipinski definition) is 2. The average molecular weight is 274 g/mol. The molecule has 1 aromatic rings. The van der Waals surface area contributed by atoms with E-state index in [0.717, 1.165) is 4.57 Å². The monoisotopic (exact) mass is 274 g/mol. The molecule has 0 aliphatic carbocycles. The quantitative estimate of drug-likeness (QED) is 0.688. The molecule has 2 rings (SSSR count). The minimum absolute atomic E-state index is 0.000114. The molecule has 1 atom stereocenters. The second kappa shape index (κ2) is 3.71. The third-order valence-electron chi connectivity index (χ3n) is 3.33. The second-order valence-corrected chi connectivity index (χ2v) is 7.07. The van der Waals surface area contributed by atoms with Crippen molar-refractivity contribution in [3.05, 3.63) is 26.4 Å². The molecule has 0 aromatic carbocycles. The number of nitrogens with one attached hydrogen (secondary N) is 1. The van der Waals surface area contributed by atoms with Crippen molar-refractivity contribution < 1.29 is 13.5 Å². The zero-order valence-corrected chi connectivity index (χ0v) is 10.9. The van der Waals surface area contributed by atoms with Gasteiger partial charge >= 0.3 is 5.69 Å². The van der Waals surface area contributed by atoms with Crippen molar-refractivity contribution in [3.8, 4) is 5.88 Å². The summed E-state index contributed by atoms with van der Waals surface area (Å²) in [5.74, 6) is -0.727. The summed E-state index contributed by atoms with van der Waals surface area (Å²) in [6, 6.07) is 0. The zero-order chi connectivity index (χ0) is 13.7. The Morgan fingerprint density at radius 3 is 2.50 bits per heavy atom. The maximum absolute atomic E-state index is 11.8.